The fourth-order valence-electron chi connectivity index (χ4n) is 1.72. The average molecular weight is 300 g/mol. The molecule has 1 rings (SSSR count). The number of hydrogen-bond acceptors (Lipinski definition) is 3. The van der Waals surface area contributed by atoms with E-state index in [4.69, 9.17) is 5.11 Å². The van der Waals surface area contributed by atoms with Gasteiger partial charge >= 0.3 is 0 Å². The molecule has 0 amide bonds. The maximum Gasteiger partial charge on any atom is 0.159 e. The predicted octanol–water partition coefficient (Wildman–Crippen LogP) is 2.86. The maximum absolute atomic E-state index is 11.3. The molecule has 0 unspecified atom stereocenters. The molecule has 17 heavy (non-hydrogen) atoms. The van der Waals surface area contributed by atoms with E-state index in [0.29, 0.717) is 18.2 Å². The fraction of sp³-hybridized carbons (Fsp3) is 0.462. The first kappa shape index (κ1) is 14.2. The summed E-state index contributed by atoms with van der Waals surface area (Å²) in [6, 6.07) is 5.84. The molecule has 0 atom stereocenters. The smallest absolute Gasteiger partial charge is 0.159 e. The van der Waals surface area contributed by atoms with E-state index < -0.39 is 0 Å². The van der Waals surface area contributed by atoms with Crippen LogP contribution in [0.1, 0.15) is 31.1 Å². The third-order valence-corrected chi connectivity index (χ3v) is 3.26. The number of Topliss-reactive ketones (excluding diaryl/α,β-unsaturated/α-hetero) is 1. The van der Waals surface area contributed by atoms with E-state index in [-0.39, 0.29) is 12.4 Å². The number of halogens is 1. The third-order valence-electron chi connectivity index (χ3n) is 2.63. The van der Waals surface area contributed by atoms with Crippen molar-refractivity contribution in [2.24, 2.45) is 0 Å². The van der Waals surface area contributed by atoms with E-state index in [1.165, 1.54) is 0 Å². The summed E-state index contributed by atoms with van der Waals surface area (Å²) < 4.78 is 0.882. The molecule has 0 spiro atoms. The largest absolute Gasteiger partial charge is 0.395 e. The second kappa shape index (κ2) is 6.17. The van der Waals surface area contributed by atoms with Gasteiger partial charge in [-0.05, 0) is 54.9 Å². The summed E-state index contributed by atoms with van der Waals surface area (Å²) in [5, 5.41) is 9.07. The van der Waals surface area contributed by atoms with Gasteiger partial charge in [0, 0.05) is 22.6 Å². The number of nitrogens with zero attached hydrogens (tertiary/aromatic N) is 1. The third kappa shape index (κ3) is 3.54. The number of aliphatic hydroxyl groups excluding tert-OH is 1. The monoisotopic (exact) mass is 299 g/mol. The minimum absolute atomic E-state index is 0.0514. The molecule has 0 bridgehead atoms. The number of benzene rings is 1. The maximum atomic E-state index is 11.3. The Morgan fingerprint density at radius 2 is 2.12 bits per heavy atom. The lowest BCUT2D eigenvalue weighted by atomic mass is 10.1. The Bertz CT molecular complexity index is 404. The second-order valence-corrected chi connectivity index (χ2v) is 5.09. The molecule has 0 saturated heterocycles. The van der Waals surface area contributed by atoms with E-state index >= 15 is 0 Å². The van der Waals surface area contributed by atoms with Crippen molar-refractivity contribution in [2.45, 2.75) is 26.8 Å². The Labute approximate surface area is 111 Å². The molecule has 0 fully saturated rings. The summed E-state index contributed by atoms with van der Waals surface area (Å²) in [6.07, 6.45) is 0. The molecule has 3 nitrogen and oxygen atoms in total. The highest BCUT2D eigenvalue weighted by Crippen LogP contribution is 2.28. The number of carbonyl (C=O) groups excluding carboxylic acids is 1. The minimum Gasteiger partial charge on any atom is -0.395 e. The van der Waals surface area contributed by atoms with Gasteiger partial charge in [-0.25, -0.2) is 0 Å². The number of carbonyl (C=O) groups is 1. The number of anilines is 1. The molecule has 1 aromatic carbocycles. The van der Waals surface area contributed by atoms with Gasteiger partial charge in [-0.1, -0.05) is 0 Å². The Hall–Kier alpha value is -0.870. The van der Waals surface area contributed by atoms with Crippen molar-refractivity contribution in [1.29, 1.82) is 0 Å². The van der Waals surface area contributed by atoms with Gasteiger partial charge < -0.3 is 10.0 Å². The first-order chi connectivity index (χ1) is 7.97. The van der Waals surface area contributed by atoms with Gasteiger partial charge in [-0.3, -0.25) is 4.79 Å². The quantitative estimate of drug-likeness (QED) is 0.850. The predicted molar refractivity (Wildman–Crippen MR) is 73.7 cm³/mol. The van der Waals surface area contributed by atoms with Gasteiger partial charge in [0.05, 0.1) is 12.3 Å². The normalized spacial score (nSPS) is 10.7. The van der Waals surface area contributed by atoms with Crippen molar-refractivity contribution in [3.05, 3.63) is 28.2 Å². The summed E-state index contributed by atoms with van der Waals surface area (Å²) in [4.78, 5) is 13.4. The number of rotatable bonds is 5. The van der Waals surface area contributed by atoms with E-state index in [0.717, 1.165) is 10.2 Å². The molecule has 0 aliphatic rings. The van der Waals surface area contributed by atoms with E-state index in [1.807, 2.05) is 18.2 Å². The first-order valence-electron chi connectivity index (χ1n) is 5.65. The zero-order valence-electron chi connectivity index (χ0n) is 10.4. The van der Waals surface area contributed by atoms with Crippen molar-refractivity contribution in [3.63, 3.8) is 0 Å². The second-order valence-electron chi connectivity index (χ2n) is 4.23. The van der Waals surface area contributed by atoms with Gasteiger partial charge in [0.15, 0.2) is 5.78 Å². The Morgan fingerprint density at radius 1 is 1.47 bits per heavy atom. The molecule has 0 saturated carbocycles. The molecule has 4 heteroatoms. The highest BCUT2D eigenvalue weighted by Gasteiger charge is 2.14. The van der Waals surface area contributed by atoms with Crippen molar-refractivity contribution in [2.75, 3.05) is 18.1 Å². The zero-order valence-corrected chi connectivity index (χ0v) is 12.0. The Kier molecular flexibility index (Phi) is 5.15. The summed E-state index contributed by atoms with van der Waals surface area (Å²) in [6.45, 7) is 6.38. The van der Waals surface area contributed by atoms with Crippen molar-refractivity contribution < 1.29 is 9.90 Å². The number of ketones is 1. The van der Waals surface area contributed by atoms with Gasteiger partial charge in [0.2, 0.25) is 0 Å². The van der Waals surface area contributed by atoms with Crippen molar-refractivity contribution >= 4 is 27.4 Å². The van der Waals surface area contributed by atoms with Gasteiger partial charge in [-0.15, -0.1) is 0 Å². The van der Waals surface area contributed by atoms with E-state index in [9.17, 15) is 4.79 Å². The highest BCUT2D eigenvalue weighted by molar-refractivity contribution is 9.10. The molecule has 1 aromatic rings. The molecular formula is C13H18BrNO2. The Balaban J connectivity index is 3.08. The van der Waals surface area contributed by atoms with Crippen molar-refractivity contribution in [1.82, 2.24) is 0 Å². The summed E-state index contributed by atoms with van der Waals surface area (Å²) in [7, 11) is 0. The van der Waals surface area contributed by atoms with Crippen LogP contribution in [0, 0.1) is 0 Å². The average Bonchev–Trinajstić information content (AvgIpc) is 2.26. The molecule has 0 heterocycles. The van der Waals surface area contributed by atoms with Crippen LogP contribution in [0.4, 0.5) is 5.69 Å². The van der Waals surface area contributed by atoms with Crippen LogP contribution >= 0.6 is 15.9 Å². The molecule has 94 valence electrons. The molecular weight excluding hydrogens is 282 g/mol. The highest BCUT2D eigenvalue weighted by atomic mass is 79.9. The molecule has 0 aromatic heterocycles. The molecule has 0 aliphatic heterocycles. The van der Waals surface area contributed by atoms with Crippen LogP contribution in [0.3, 0.4) is 0 Å². The lowest BCUT2D eigenvalue weighted by molar-refractivity contribution is 0.101. The first-order valence-corrected chi connectivity index (χ1v) is 6.44. The SMILES string of the molecule is CC(=O)c1ccc(N(CCO)C(C)C)c(Br)c1. The van der Waals surface area contributed by atoms with Crippen LogP contribution in [0.2, 0.25) is 0 Å². The minimum atomic E-state index is 0.0514. The van der Waals surface area contributed by atoms with Gasteiger partial charge in [-0.2, -0.15) is 0 Å². The van der Waals surface area contributed by atoms with E-state index in [1.54, 1.807) is 6.92 Å². The summed E-state index contributed by atoms with van der Waals surface area (Å²) in [5.41, 5.74) is 1.69. The van der Waals surface area contributed by atoms with Gasteiger partial charge in [0.1, 0.15) is 0 Å². The van der Waals surface area contributed by atoms with Crippen LogP contribution in [0.15, 0.2) is 22.7 Å². The van der Waals surface area contributed by atoms with Crippen LogP contribution < -0.4 is 4.90 Å². The molecule has 0 aliphatic carbocycles. The Morgan fingerprint density at radius 3 is 2.53 bits per heavy atom. The standard InChI is InChI=1S/C13H18BrNO2/c1-9(2)15(6-7-16)13-5-4-11(10(3)17)8-12(13)14/h4-5,8-9,16H,6-7H2,1-3H3. The lowest BCUT2D eigenvalue weighted by Crippen LogP contribution is -2.33. The topological polar surface area (TPSA) is 40.5 Å². The molecule has 0 radical (unpaired) electrons. The number of aliphatic hydroxyl groups is 1. The van der Waals surface area contributed by atoms with Crippen LogP contribution in [0.25, 0.3) is 0 Å². The summed E-state index contributed by atoms with van der Waals surface area (Å²) in [5.74, 6) is 0.0514. The van der Waals surface area contributed by atoms with Crippen LogP contribution in [0.5, 0.6) is 0 Å². The van der Waals surface area contributed by atoms with Gasteiger partial charge in [0.25, 0.3) is 0 Å². The summed E-state index contributed by atoms with van der Waals surface area (Å²) >= 11 is 3.48. The fourth-order valence-corrected chi connectivity index (χ4v) is 2.33. The zero-order chi connectivity index (χ0) is 13.0. The van der Waals surface area contributed by atoms with E-state index in [2.05, 4.69) is 34.7 Å². The van der Waals surface area contributed by atoms with Crippen LogP contribution in [-0.4, -0.2) is 30.1 Å². The van der Waals surface area contributed by atoms with Crippen molar-refractivity contribution in [3.8, 4) is 0 Å². The molecule has 1 N–H and O–H groups in total. The van der Waals surface area contributed by atoms with Crippen LogP contribution in [-0.2, 0) is 0 Å². The number of hydrogen-bond donors (Lipinski definition) is 1. The lowest BCUT2D eigenvalue weighted by Gasteiger charge is -2.29.